The standard InChI is InChI=1S/C12H12Cl2N2S/c13-10-2-1-9(11(14)7-10)3-4-15-8-12-16-5-6-17-12/h1-2,5-7,15H,3-4,8H2. The first kappa shape index (κ1) is 12.8. The molecule has 2 nitrogen and oxygen atoms in total. The maximum absolute atomic E-state index is 6.09. The Balaban J connectivity index is 1.78. The summed E-state index contributed by atoms with van der Waals surface area (Å²) in [7, 11) is 0. The fourth-order valence-corrected chi connectivity index (χ4v) is 2.57. The summed E-state index contributed by atoms with van der Waals surface area (Å²) >= 11 is 13.6. The first-order valence-electron chi connectivity index (χ1n) is 5.29. The Morgan fingerprint density at radius 2 is 2.18 bits per heavy atom. The van der Waals surface area contributed by atoms with Gasteiger partial charge in [0.1, 0.15) is 5.01 Å². The Morgan fingerprint density at radius 3 is 2.88 bits per heavy atom. The van der Waals surface area contributed by atoms with Crippen molar-refractivity contribution in [3.8, 4) is 0 Å². The van der Waals surface area contributed by atoms with Crippen LogP contribution in [0.4, 0.5) is 0 Å². The molecule has 0 saturated carbocycles. The Bertz CT molecular complexity index is 471. The van der Waals surface area contributed by atoms with E-state index in [-0.39, 0.29) is 0 Å². The van der Waals surface area contributed by atoms with Crippen LogP contribution in [0.15, 0.2) is 29.8 Å². The molecule has 2 rings (SSSR count). The number of rotatable bonds is 5. The maximum Gasteiger partial charge on any atom is 0.106 e. The van der Waals surface area contributed by atoms with Crippen molar-refractivity contribution in [2.24, 2.45) is 0 Å². The van der Waals surface area contributed by atoms with Gasteiger partial charge in [-0.2, -0.15) is 0 Å². The highest BCUT2D eigenvalue weighted by Crippen LogP contribution is 2.21. The summed E-state index contributed by atoms with van der Waals surface area (Å²) in [4.78, 5) is 4.20. The summed E-state index contributed by atoms with van der Waals surface area (Å²) in [5.41, 5.74) is 1.11. The fraction of sp³-hybridized carbons (Fsp3) is 0.250. The highest BCUT2D eigenvalue weighted by atomic mass is 35.5. The molecule has 0 aliphatic carbocycles. The lowest BCUT2D eigenvalue weighted by Gasteiger charge is -2.05. The van der Waals surface area contributed by atoms with E-state index in [0.717, 1.165) is 35.1 Å². The molecule has 0 atom stereocenters. The number of halogens is 2. The van der Waals surface area contributed by atoms with Gasteiger partial charge in [0.15, 0.2) is 0 Å². The van der Waals surface area contributed by atoms with Crippen molar-refractivity contribution in [3.05, 3.63) is 50.4 Å². The third-order valence-corrected chi connectivity index (χ3v) is 3.71. The zero-order valence-electron chi connectivity index (χ0n) is 9.12. The minimum absolute atomic E-state index is 0.675. The van der Waals surface area contributed by atoms with Gasteiger partial charge in [0.2, 0.25) is 0 Å². The van der Waals surface area contributed by atoms with Crippen molar-refractivity contribution in [1.82, 2.24) is 10.3 Å². The number of hydrogen-bond donors (Lipinski definition) is 1. The monoisotopic (exact) mass is 286 g/mol. The van der Waals surface area contributed by atoms with Crippen LogP contribution in [0.3, 0.4) is 0 Å². The van der Waals surface area contributed by atoms with Crippen LogP contribution in [0.1, 0.15) is 10.6 Å². The maximum atomic E-state index is 6.09. The molecule has 0 saturated heterocycles. The van der Waals surface area contributed by atoms with E-state index in [1.807, 2.05) is 23.7 Å². The summed E-state index contributed by atoms with van der Waals surface area (Å²) < 4.78 is 0. The predicted octanol–water partition coefficient (Wildman–Crippen LogP) is 3.78. The molecule has 1 aromatic heterocycles. The molecule has 90 valence electrons. The third kappa shape index (κ3) is 3.96. The number of benzene rings is 1. The van der Waals surface area contributed by atoms with Crippen molar-refractivity contribution < 1.29 is 0 Å². The third-order valence-electron chi connectivity index (χ3n) is 2.35. The molecule has 0 bridgehead atoms. The van der Waals surface area contributed by atoms with Gasteiger partial charge in [-0.1, -0.05) is 29.3 Å². The van der Waals surface area contributed by atoms with Crippen LogP contribution < -0.4 is 5.32 Å². The van der Waals surface area contributed by atoms with Crippen molar-refractivity contribution in [1.29, 1.82) is 0 Å². The number of hydrogen-bond acceptors (Lipinski definition) is 3. The summed E-state index contributed by atoms with van der Waals surface area (Å²) in [6, 6.07) is 5.61. The molecule has 1 aromatic carbocycles. The first-order chi connectivity index (χ1) is 8.25. The van der Waals surface area contributed by atoms with Crippen LogP contribution in [0, 0.1) is 0 Å². The molecule has 5 heteroatoms. The summed E-state index contributed by atoms with van der Waals surface area (Å²) in [5.74, 6) is 0. The number of nitrogens with zero attached hydrogens (tertiary/aromatic N) is 1. The number of aromatic nitrogens is 1. The van der Waals surface area contributed by atoms with Crippen LogP contribution in [-0.2, 0) is 13.0 Å². The summed E-state index contributed by atoms with van der Waals surface area (Å²) in [6.07, 6.45) is 2.71. The quantitative estimate of drug-likeness (QED) is 0.846. The topological polar surface area (TPSA) is 24.9 Å². The van der Waals surface area contributed by atoms with E-state index in [4.69, 9.17) is 23.2 Å². The molecular formula is C12H12Cl2N2S. The van der Waals surface area contributed by atoms with E-state index in [1.54, 1.807) is 17.4 Å². The molecule has 0 aliphatic heterocycles. The number of thiazole rings is 1. The summed E-state index contributed by atoms with van der Waals surface area (Å²) in [5, 5.41) is 7.82. The van der Waals surface area contributed by atoms with Crippen LogP contribution >= 0.6 is 34.5 Å². The number of nitrogens with one attached hydrogen (secondary N) is 1. The molecule has 1 heterocycles. The van der Waals surface area contributed by atoms with E-state index in [9.17, 15) is 0 Å². The molecule has 0 unspecified atom stereocenters. The lowest BCUT2D eigenvalue weighted by atomic mass is 10.1. The van der Waals surface area contributed by atoms with Gasteiger partial charge in [-0.05, 0) is 30.7 Å². The van der Waals surface area contributed by atoms with Gasteiger partial charge in [-0.3, -0.25) is 0 Å². The van der Waals surface area contributed by atoms with Crippen molar-refractivity contribution >= 4 is 34.5 Å². The second kappa shape index (κ2) is 6.36. The van der Waals surface area contributed by atoms with Gasteiger partial charge < -0.3 is 5.32 Å². The molecule has 0 spiro atoms. The minimum atomic E-state index is 0.675. The molecule has 0 aliphatic rings. The van der Waals surface area contributed by atoms with Crippen LogP contribution in [0.25, 0.3) is 0 Å². The summed E-state index contributed by atoms with van der Waals surface area (Å²) in [6.45, 7) is 1.68. The van der Waals surface area contributed by atoms with Crippen molar-refractivity contribution in [3.63, 3.8) is 0 Å². The van der Waals surface area contributed by atoms with Crippen LogP contribution in [0.5, 0.6) is 0 Å². The fourth-order valence-electron chi connectivity index (χ4n) is 1.48. The molecule has 0 fully saturated rings. The SMILES string of the molecule is Clc1ccc(CCNCc2nccs2)c(Cl)c1. The first-order valence-corrected chi connectivity index (χ1v) is 6.92. The second-order valence-electron chi connectivity index (χ2n) is 3.59. The predicted molar refractivity (Wildman–Crippen MR) is 74.0 cm³/mol. The van der Waals surface area contributed by atoms with Crippen LogP contribution in [0.2, 0.25) is 10.0 Å². The Hall–Kier alpha value is -0.610. The molecule has 1 N–H and O–H groups in total. The second-order valence-corrected chi connectivity index (χ2v) is 5.41. The minimum Gasteiger partial charge on any atom is -0.310 e. The van der Waals surface area contributed by atoms with E-state index >= 15 is 0 Å². The zero-order chi connectivity index (χ0) is 12.1. The largest absolute Gasteiger partial charge is 0.310 e. The van der Waals surface area contributed by atoms with Gasteiger partial charge >= 0.3 is 0 Å². The zero-order valence-corrected chi connectivity index (χ0v) is 11.4. The van der Waals surface area contributed by atoms with E-state index in [0.29, 0.717) is 5.02 Å². The normalized spacial score (nSPS) is 10.7. The van der Waals surface area contributed by atoms with Gasteiger partial charge in [0.25, 0.3) is 0 Å². The highest BCUT2D eigenvalue weighted by Gasteiger charge is 2.01. The van der Waals surface area contributed by atoms with Gasteiger partial charge in [-0.25, -0.2) is 4.98 Å². The molecule has 17 heavy (non-hydrogen) atoms. The van der Waals surface area contributed by atoms with E-state index < -0.39 is 0 Å². The lowest BCUT2D eigenvalue weighted by molar-refractivity contribution is 0.684. The smallest absolute Gasteiger partial charge is 0.106 e. The average molecular weight is 287 g/mol. The van der Waals surface area contributed by atoms with E-state index in [1.165, 1.54) is 0 Å². The Labute approximate surface area is 115 Å². The van der Waals surface area contributed by atoms with Gasteiger partial charge in [0, 0.05) is 28.2 Å². The van der Waals surface area contributed by atoms with Gasteiger partial charge in [-0.15, -0.1) is 11.3 Å². The molecule has 0 amide bonds. The Kier molecular flexibility index (Phi) is 4.80. The van der Waals surface area contributed by atoms with Crippen LogP contribution in [-0.4, -0.2) is 11.5 Å². The highest BCUT2D eigenvalue weighted by molar-refractivity contribution is 7.09. The lowest BCUT2D eigenvalue weighted by Crippen LogP contribution is -2.16. The van der Waals surface area contributed by atoms with E-state index in [2.05, 4.69) is 10.3 Å². The Morgan fingerprint density at radius 1 is 1.29 bits per heavy atom. The molecular weight excluding hydrogens is 275 g/mol. The molecule has 2 aromatic rings. The average Bonchev–Trinajstić information content (AvgIpc) is 2.79. The van der Waals surface area contributed by atoms with Crippen molar-refractivity contribution in [2.45, 2.75) is 13.0 Å². The molecule has 0 radical (unpaired) electrons. The van der Waals surface area contributed by atoms with Crippen molar-refractivity contribution in [2.75, 3.05) is 6.54 Å². The van der Waals surface area contributed by atoms with Gasteiger partial charge in [0.05, 0.1) is 0 Å².